The first kappa shape index (κ1) is 14.8. The molecule has 0 bridgehead atoms. The molecule has 120 valence electrons. The van der Waals surface area contributed by atoms with Crippen LogP contribution < -0.4 is 10.1 Å². The number of hydrogen-bond acceptors (Lipinski definition) is 2. The zero-order valence-electron chi connectivity index (χ0n) is 13.4. The maximum Gasteiger partial charge on any atom is 0.124 e. The van der Waals surface area contributed by atoms with Gasteiger partial charge in [0, 0.05) is 11.3 Å². The first-order valence-corrected chi connectivity index (χ1v) is 8.03. The third-order valence-corrected chi connectivity index (χ3v) is 4.53. The number of nitrogens with one attached hydrogen (secondary N) is 1. The molecule has 3 aromatic rings. The molecule has 0 aliphatic carbocycles. The molecule has 1 N–H and O–H groups in total. The van der Waals surface area contributed by atoms with Crippen LogP contribution in [0.3, 0.4) is 0 Å². The van der Waals surface area contributed by atoms with E-state index in [0.717, 1.165) is 17.7 Å². The highest BCUT2D eigenvalue weighted by Crippen LogP contribution is 2.39. The zero-order chi connectivity index (χ0) is 16.5. The molecule has 1 atom stereocenters. The number of hydrogen-bond donors (Lipinski definition) is 1. The van der Waals surface area contributed by atoms with E-state index < -0.39 is 0 Å². The van der Waals surface area contributed by atoms with Gasteiger partial charge in [-0.15, -0.1) is 0 Å². The van der Waals surface area contributed by atoms with Crippen molar-refractivity contribution >= 4 is 5.69 Å². The Hall–Kier alpha value is -2.81. The number of anilines is 1. The number of ether oxygens (including phenoxy) is 1. The Labute approximate surface area is 140 Å². The second kappa shape index (κ2) is 6.00. The maximum atomic E-state index is 13.7. The smallest absolute Gasteiger partial charge is 0.124 e. The predicted molar refractivity (Wildman–Crippen MR) is 94.9 cm³/mol. The van der Waals surface area contributed by atoms with Gasteiger partial charge in [-0.05, 0) is 53.4 Å². The van der Waals surface area contributed by atoms with E-state index in [2.05, 4.69) is 35.6 Å². The Morgan fingerprint density at radius 2 is 1.79 bits per heavy atom. The molecule has 24 heavy (non-hydrogen) atoms. The summed E-state index contributed by atoms with van der Waals surface area (Å²) in [6.45, 7) is 0. The van der Waals surface area contributed by atoms with Crippen LogP contribution in [0.4, 0.5) is 10.1 Å². The van der Waals surface area contributed by atoms with Crippen LogP contribution in [0.5, 0.6) is 5.75 Å². The highest BCUT2D eigenvalue weighted by molar-refractivity contribution is 5.70. The Kier molecular flexibility index (Phi) is 3.69. The Morgan fingerprint density at radius 3 is 2.58 bits per heavy atom. The van der Waals surface area contributed by atoms with Gasteiger partial charge < -0.3 is 10.1 Å². The van der Waals surface area contributed by atoms with E-state index in [0.29, 0.717) is 5.75 Å². The van der Waals surface area contributed by atoms with Crippen molar-refractivity contribution in [3.63, 3.8) is 0 Å². The Morgan fingerprint density at radius 1 is 0.958 bits per heavy atom. The van der Waals surface area contributed by atoms with Crippen molar-refractivity contribution in [3.05, 3.63) is 83.7 Å². The van der Waals surface area contributed by atoms with Crippen molar-refractivity contribution in [3.8, 4) is 16.9 Å². The fourth-order valence-corrected chi connectivity index (χ4v) is 3.34. The van der Waals surface area contributed by atoms with Crippen LogP contribution in [0.2, 0.25) is 0 Å². The van der Waals surface area contributed by atoms with Gasteiger partial charge in [0.25, 0.3) is 0 Å². The lowest BCUT2D eigenvalue weighted by Gasteiger charge is -2.15. The van der Waals surface area contributed by atoms with Crippen LogP contribution in [0.1, 0.15) is 17.2 Å². The minimum Gasteiger partial charge on any atom is -0.496 e. The molecule has 4 rings (SSSR count). The van der Waals surface area contributed by atoms with Gasteiger partial charge in [-0.3, -0.25) is 0 Å². The molecule has 1 heterocycles. The average Bonchev–Trinajstić information content (AvgIpc) is 3.05. The van der Waals surface area contributed by atoms with Gasteiger partial charge in [-0.2, -0.15) is 0 Å². The first-order valence-electron chi connectivity index (χ1n) is 8.03. The van der Waals surface area contributed by atoms with Gasteiger partial charge in [0.05, 0.1) is 13.2 Å². The molecule has 3 aromatic carbocycles. The monoisotopic (exact) mass is 319 g/mol. The molecule has 1 unspecified atom stereocenters. The van der Waals surface area contributed by atoms with Crippen LogP contribution in [0.15, 0.2) is 66.7 Å². The summed E-state index contributed by atoms with van der Waals surface area (Å²) in [5, 5.41) is 3.48. The van der Waals surface area contributed by atoms with E-state index in [1.54, 1.807) is 19.2 Å². The second-order valence-corrected chi connectivity index (χ2v) is 6.03. The number of rotatable bonds is 3. The molecule has 0 spiro atoms. The third kappa shape index (κ3) is 2.62. The minimum absolute atomic E-state index is 0.0247. The van der Waals surface area contributed by atoms with Crippen molar-refractivity contribution in [1.29, 1.82) is 0 Å². The standard InChI is InChI=1S/C21H18FNO/c1-24-21-10-8-17(22)13-18(21)20-12-16-11-15(7-9-19(16)23-20)14-5-3-2-4-6-14/h2-11,13,20,23H,12H2,1H3. The number of fused-ring (bicyclic) bond motifs is 1. The van der Waals surface area contributed by atoms with E-state index in [-0.39, 0.29) is 11.9 Å². The summed E-state index contributed by atoms with van der Waals surface area (Å²) in [5.74, 6) is 0.471. The summed E-state index contributed by atoms with van der Waals surface area (Å²) < 4.78 is 19.1. The highest BCUT2D eigenvalue weighted by atomic mass is 19.1. The van der Waals surface area contributed by atoms with Crippen molar-refractivity contribution in [1.82, 2.24) is 0 Å². The zero-order valence-corrected chi connectivity index (χ0v) is 13.4. The van der Waals surface area contributed by atoms with Crippen LogP contribution in [0, 0.1) is 5.82 Å². The van der Waals surface area contributed by atoms with E-state index in [4.69, 9.17) is 4.74 Å². The van der Waals surface area contributed by atoms with Gasteiger partial charge >= 0.3 is 0 Å². The lowest BCUT2D eigenvalue weighted by atomic mass is 9.98. The number of benzene rings is 3. The molecule has 1 aliphatic rings. The molecule has 2 nitrogen and oxygen atoms in total. The van der Waals surface area contributed by atoms with Crippen molar-refractivity contribution in [2.45, 2.75) is 12.5 Å². The fraction of sp³-hybridized carbons (Fsp3) is 0.143. The van der Waals surface area contributed by atoms with Crippen LogP contribution in [-0.4, -0.2) is 7.11 Å². The number of methoxy groups -OCH3 is 1. The summed E-state index contributed by atoms with van der Waals surface area (Å²) in [4.78, 5) is 0. The summed E-state index contributed by atoms with van der Waals surface area (Å²) in [6, 6.07) is 21.4. The highest BCUT2D eigenvalue weighted by Gasteiger charge is 2.25. The normalized spacial score (nSPS) is 15.7. The van der Waals surface area contributed by atoms with Crippen molar-refractivity contribution < 1.29 is 9.13 Å². The van der Waals surface area contributed by atoms with Crippen LogP contribution in [0.25, 0.3) is 11.1 Å². The SMILES string of the molecule is COc1ccc(F)cc1C1Cc2cc(-c3ccccc3)ccc2N1. The van der Waals surface area contributed by atoms with Crippen molar-refractivity contribution in [2.75, 3.05) is 12.4 Å². The summed E-state index contributed by atoms with van der Waals surface area (Å²) >= 11 is 0. The Bertz CT molecular complexity index is 876. The first-order chi connectivity index (χ1) is 11.7. The summed E-state index contributed by atoms with van der Waals surface area (Å²) in [7, 11) is 1.62. The lowest BCUT2D eigenvalue weighted by Crippen LogP contribution is -2.08. The number of halogens is 1. The molecule has 3 heteroatoms. The predicted octanol–water partition coefficient (Wildman–Crippen LogP) is 5.21. The molecule has 0 aromatic heterocycles. The van der Waals surface area contributed by atoms with Crippen molar-refractivity contribution in [2.24, 2.45) is 0 Å². The van der Waals surface area contributed by atoms with Gasteiger partial charge in [0.1, 0.15) is 11.6 Å². The van der Waals surface area contributed by atoms with E-state index in [1.807, 2.05) is 18.2 Å². The molecule has 1 aliphatic heterocycles. The second-order valence-electron chi connectivity index (χ2n) is 6.03. The van der Waals surface area contributed by atoms with Crippen LogP contribution in [-0.2, 0) is 6.42 Å². The fourth-order valence-electron chi connectivity index (χ4n) is 3.34. The maximum absolute atomic E-state index is 13.7. The molecular formula is C21H18FNO. The lowest BCUT2D eigenvalue weighted by molar-refractivity contribution is 0.406. The Balaban J connectivity index is 1.66. The molecule has 0 fully saturated rings. The largest absolute Gasteiger partial charge is 0.496 e. The quantitative estimate of drug-likeness (QED) is 0.715. The average molecular weight is 319 g/mol. The molecule has 0 radical (unpaired) electrons. The summed E-state index contributed by atoms with van der Waals surface area (Å²) in [5.41, 5.74) is 5.60. The van der Waals surface area contributed by atoms with Crippen LogP contribution >= 0.6 is 0 Å². The minimum atomic E-state index is -0.242. The van der Waals surface area contributed by atoms with Gasteiger partial charge in [0.2, 0.25) is 0 Å². The molecule has 0 saturated heterocycles. The van der Waals surface area contributed by atoms with Gasteiger partial charge in [-0.1, -0.05) is 36.4 Å². The topological polar surface area (TPSA) is 21.3 Å². The molecular weight excluding hydrogens is 301 g/mol. The van der Waals surface area contributed by atoms with Gasteiger partial charge in [0.15, 0.2) is 0 Å². The van der Waals surface area contributed by atoms with E-state index >= 15 is 0 Å². The van der Waals surface area contributed by atoms with E-state index in [1.165, 1.54) is 22.8 Å². The van der Waals surface area contributed by atoms with Gasteiger partial charge in [-0.25, -0.2) is 4.39 Å². The van der Waals surface area contributed by atoms with E-state index in [9.17, 15) is 4.39 Å². The molecule has 0 saturated carbocycles. The third-order valence-electron chi connectivity index (χ3n) is 4.53. The molecule has 0 amide bonds. The summed E-state index contributed by atoms with van der Waals surface area (Å²) in [6.07, 6.45) is 0.815.